The second-order valence-corrected chi connectivity index (χ2v) is 7.30. The van der Waals surface area contributed by atoms with Crippen molar-refractivity contribution < 1.29 is 8.78 Å². The maximum atomic E-state index is 14.2. The molecule has 0 aromatic heterocycles. The molecule has 2 saturated carbocycles. The molecule has 20 heavy (non-hydrogen) atoms. The van der Waals surface area contributed by atoms with Crippen LogP contribution in [0.3, 0.4) is 0 Å². The van der Waals surface area contributed by atoms with E-state index in [4.69, 9.17) is 0 Å². The van der Waals surface area contributed by atoms with Crippen LogP contribution in [-0.4, -0.2) is 13.1 Å². The van der Waals surface area contributed by atoms with E-state index in [1.54, 1.807) is 0 Å². The highest BCUT2D eigenvalue weighted by Gasteiger charge is 2.53. The summed E-state index contributed by atoms with van der Waals surface area (Å²) in [5.74, 6) is 0.752. The molecule has 2 aliphatic rings. The van der Waals surface area contributed by atoms with Crippen LogP contribution in [0, 0.1) is 28.9 Å². The fourth-order valence-corrected chi connectivity index (χ4v) is 4.22. The summed E-state index contributed by atoms with van der Waals surface area (Å²) < 4.78 is 28.6. The summed E-state index contributed by atoms with van der Waals surface area (Å²) in [5, 5.41) is 3.39. The van der Waals surface area contributed by atoms with Gasteiger partial charge in [0.15, 0.2) is 0 Å². The van der Waals surface area contributed by atoms with Crippen LogP contribution in [0.1, 0.15) is 31.7 Å². The highest BCUT2D eigenvalue weighted by atomic mass is 79.9. The third-order valence-electron chi connectivity index (χ3n) is 4.90. The predicted molar refractivity (Wildman–Crippen MR) is 79.6 cm³/mol. The minimum Gasteiger partial charge on any atom is -0.316 e. The Kier molecular flexibility index (Phi) is 3.89. The molecule has 1 nitrogen and oxygen atoms in total. The third-order valence-corrected chi connectivity index (χ3v) is 5.51. The van der Waals surface area contributed by atoms with Gasteiger partial charge in [0.2, 0.25) is 0 Å². The van der Waals surface area contributed by atoms with Crippen molar-refractivity contribution in [2.45, 2.75) is 32.6 Å². The summed E-state index contributed by atoms with van der Waals surface area (Å²) in [6.07, 6.45) is 4.04. The first-order valence-corrected chi connectivity index (χ1v) is 8.17. The van der Waals surface area contributed by atoms with Crippen molar-refractivity contribution in [1.29, 1.82) is 0 Å². The molecule has 0 amide bonds. The van der Waals surface area contributed by atoms with E-state index in [0.717, 1.165) is 37.8 Å². The van der Waals surface area contributed by atoms with Gasteiger partial charge in [-0.05, 0) is 77.5 Å². The maximum Gasteiger partial charge on any atom is 0.143 e. The predicted octanol–water partition coefficient (Wildman–Crippen LogP) is 4.30. The fraction of sp³-hybridized carbons (Fsp3) is 0.625. The van der Waals surface area contributed by atoms with Crippen LogP contribution in [0.2, 0.25) is 0 Å². The SMILES string of the molecule is CCNCC1(Cc2c(F)ccc(Br)c2F)CC2CC2C1. The average Bonchev–Trinajstić information content (AvgIpc) is 3.05. The largest absolute Gasteiger partial charge is 0.316 e. The van der Waals surface area contributed by atoms with Gasteiger partial charge >= 0.3 is 0 Å². The van der Waals surface area contributed by atoms with Crippen LogP contribution >= 0.6 is 15.9 Å². The van der Waals surface area contributed by atoms with Gasteiger partial charge in [-0.1, -0.05) is 6.92 Å². The van der Waals surface area contributed by atoms with Crippen molar-refractivity contribution in [1.82, 2.24) is 5.32 Å². The van der Waals surface area contributed by atoms with Gasteiger partial charge in [-0.3, -0.25) is 0 Å². The van der Waals surface area contributed by atoms with Crippen molar-refractivity contribution in [3.63, 3.8) is 0 Å². The van der Waals surface area contributed by atoms with Crippen LogP contribution < -0.4 is 5.32 Å². The van der Waals surface area contributed by atoms with Crippen LogP contribution in [-0.2, 0) is 6.42 Å². The molecule has 1 N–H and O–H groups in total. The van der Waals surface area contributed by atoms with E-state index in [1.807, 2.05) is 0 Å². The molecule has 2 aliphatic carbocycles. The van der Waals surface area contributed by atoms with Crippen molar-refractivity contribution >= 4 is 15.9 Å². The Morgan fingerprint density at radius 3 is 2.65 bits per heavy atom. The molecule has 0 bridgehead atoms. The normalized spacial score (nSPS) is 31.4. The summed E-state index contributed by atoms with van der Waals surface area (Å²) in [6, 6.07) is 2.80. The van der Waals surface area contributed by atoms with E-state index in [9.17, 15) is 8.78 Å². The molecule has 1 aromatic carbocycles. The average molecular weight is 344 g/mol. The highest BCUT2D eigenvalue weighted by molar-refractivity contribution is 9.10. The molecule has 0 radical (unpaired) electrons. The monoisotopic (exact) mass is 343 g/mol. The fourth-order valence-electron chi connectivity index (χ4n) is 3.85. The maximum absolute atomic E-state index is 14.2. The molecule has 1 aromatic rings. The lowest BCUT2D eigenvalue weighted by Crippen LogP contribution is -2.35. The minimum absolute atomic E-state index is 0.0338. The minimum atomic E-state index is -0.429. The first-order chi connectivity index (χ1) is 9.54. The van der Waals surface area contributed by atoms with Crippen molar-refractivity contribution in [2.75, 3.05) is 13.1 Å². The number of halogens is 3. The number of nitrogens with one attached hydrogen (secondary N) is 1. The summed E-state index contributed by atoms with van der Waals surface area (Å²) in [7, 11) is 0. The zero-order valence-electron chi connectivity index (χ0n) is 11.7. The number of fused-ring (bicyclic) bond motifs is 1. The molecule has 110 valence electrons. The van der Waals surface area contributed by atoms with Gasteiger partial charge in [0, 0.05) is 12.1 Å². The zero-order chi connectivity index (χ0) is 14.3. The Labute approximate surface area is 127 Å². The van der Waals surface area contributed by atoms with Gasteiger partial charge in [0.25, 0.3) is 0 Å². The molecule has 0 saturated heterocycles. The summed E-state index contributed by atoms with van der Waals surface area (Å²) in [5.41, 5.74) is 0.282. The lowest BCUT2D eigenvalue weighted by atomic mass is 9.77. The zero-order valence-corrected chi connectivity index (χ0v) is 13.3. The molecule has 2 fully saturated rings. The second kappa shape index (κ2) is 5.38. The van der Waals surface area contributed by atoms with Gasteiger partial charge in [-0.15, -0.1) is 0 Å². The molecular formula is C16H20BrF2N. The Hall–Kier alpha value is -0.480. The molecule has 3 rings (SSSR count). The third kappa shape index (κ3) is 2.64. The van der Waals surface area contributed by atoms with Crippen LogP contribution in [0.4, 0.5) is 8.78 Å². The molecule has 4 heteroatoms. The lowest BCUT2D eigenvalue weighted by Gasteiger charge is -2.32. The Bertz CT molecular complexity index is 507. The van der Waals surface area contributed by atoms with E-state index in [-0.39, 0.29) is 11.0 Å². The van der Waals surface area contributed by atoms with Crippen molar-refractivity contribution in [3.8, 4) is 0 Å². The molecule has 2 atom stereocenters. The molecular weight excluding hydrogens is 324 g/mol. The van der Waals surface area contributed by atoms with E-state index >= 15 is 0 Å². The number of rotatable bonds is 5. The molecule has 0 heterocycles. The first kappa shape index (κ1) is 14.5. The van der Waals surface area contributed by atoms with Gasteiger partial charge in [0.05, 0.1) is 4.47 Å². The van der Waals surface area contributed by atoms with E-state index < -0.39 is 11.6 Å². The van der Waals surface area contributed by atoms with E-state index in [0.29, 0.717) is 10.9 Å². The Balaban J connectivity index is 1.85. The number of hydrogen-bond acceptors (Lipinski definition) is 1. The van der Waals surface area contributed by atoms with Crippen molar-refractivity contribution in [2.24, 2.45) is 17.3 Å². The quantitative estimate of drug-likeness (QED) is 0.786. The van der Waals surface area contributed by atoms with Crippen LogP contribution in [0.5, 0.6) is 0 Å². The van der Waals surface area contributed by atoms with Gasteiger partial charge in [-0.25, -0.2) is 8.78 Å². The highest BCUT2D eigenvalue weighted by Crippen LogP contribution is 2.60. The first-order valence-electron chi connectivity index (χ1n) is 7.38. The van der Waals surface area contributed by atoms with Crippen LogP contribution in [0.15, 0.2) is 16.6 Å². The van der Waals surface area contributed by atoms with Crippen molar-refractivity contribution in [3.05, 3.63) is 33.8 Å². The Morgan fingerprint density at radius 2 is 2.00 bits per heavy atom. The van der Waals surface area contributed by atoms with Gasteiger partial charge < -0.3 is 5.32 Å². The number of hydrogen-bond donors (Lipinski definition) is 1. The van der Waals surface area contributed by atoms with Gasteiger partial charge in [-0.2, -0.15) is 0 Å². The standard InChI is InChI=1S/C16H20BrF2N/c1-2-20-9-16(6-10-5-11(10)7-16)8-12-14(18)4-3-13(17)15(12)19/h3-4,10-11,20H,2,5-9H2,1H3. The smallest absolute Gasteiger partial charge is 0.143 e. The van der Waals surface area contributed by atoms with Gasteiger partial charge in [0.1, 0.15) is 11.6 Å². The summed E-state index contributed by atoms with van der Waals surface area (Å²) >= 11 is 3.16. The lowest BCUT2D eigenvalue weighted by molar-refractivity contribution is 0.244. The molecule has 0 spiro atoms. The van der Waals surface area contributed by atoms with E-state index in [1.165, 1.54) is 18.6 Å². The number of benzene rings is 1. The second-order valence-electron chi connectivity index (χ2n) is 6.44. The van der Waals surface area contributed by atoms with Crippen LogP contribution in [0.25, 0.3) is 0 Å². The summed E-state index contributed by atoms with van der Waals surface area (Å²) in [6.45, 7) is 3.84. The summed E-state index contributed by atoms with van der Waals surface area (Å²) in [4.78, 5) is 0. The van der Waals surface area contributed by atoms with E-state index in [2.05, 4.69) is 28.2 Å². The molecule has 0 aliphatic heterocycles. The topological polar surface area (TPSA) is 12.0 Å². The molecule has 2 unspecified atom stereocenters. The Morgan fingerprint density at radius 1 is 1.30 bits per heavy atom.